The predicted octanol–water partition coefficient (Wildman–Crippen LogP) is 1.32. The van der Waals surface area contributed by atoms with Gasteiger partial charge in [-0.3, -0.25) is 0 Å². The summed E-state index contributed by atoms with van der Waals surface area (Å²) in [5, 5.41) is 0. The summed E-state index contributed by atoms with van der Waals surface area (Å²) >= 11 is 0. The van der Waals surface area contributed by atoms with Crippen LogP contribution in [0.4, 0.5) is 5.95 Å². The van der Waals surface area contributed by atoms with Gasteiger partial charge < -0.3 is 15.2 Å². The van der Waals surface area contributed by atoms with Gasteiger partial charge in [-0.1, -0.05) is 6.92 Å². The van der Waals surface area contributed by atoms with E-state index in [-0.39, 0.29) is 0 Å². The van der Waals surface area contributed by atoms with Crippen LogP contribution >= 0.6 is 0 Å². The van der Waals surface area contributed by atoms with Crippen molar-refractivity contribution in [3.05, 3.63) is 12.4 Å². The highest BCUT2D eigenvalue weighted by Crippen LogP contribution is 2.25. The van der Waals surface area contributed by atoms with E-state index >= 15 is 0 Å². The van der Waals surface area contributed by atoms with Gasteiger partial charge in [0, 0.05) is 32.0 Å². The highest BCUT2D eigenvalue weighted by Gasteiger charge is 2.26. The summed E-state index contributed by atoms with van der Waals surface area (Å²) in [5.41, 5.74) is 5.83. The molecule has 0 saturated carbocycles. The second-order valence-corrected chi connectivity index (χ2v) is 4.72. The van der Waals surface area contributed by atoms with Crippen LogP contribution in [0.2, 0.25) is 0 Å². The minimum atomic E-state index is 0.607. The number of imidazole rings is 1. The Hall–Kier alpha value is -1.03. The molecule has 0 spiro atoms. The third-order valence-corrected chi connectivity index (χ3v) is 3.73. The van der Waals surface area contributed by atoms with Gasteiger partial charge in [-0.15, -0.1) is 0 Å². The first kappa shape index (κ1) is 11.5. The van der Waals surface area contributed by atoms with Crippen LogP contribution in [0.15, 0.2) is 12.4 Å². The van der Waals surface area contributed by atoms with Crippen LogP contribution in [0.3, 0.4) is 0 Å². The average molecular weight is 222 g/mol. The SMILES string of the molecule is CCn1ccnc1N1CCC(C)C(CN)C1. The first-order valence-corrected chi connectivity index (χ1v) is 6.22. The van der Waals surface area contributed by atoms with E-state index in [1.54, 1.807) is 0 Å². The molecule has 1 saturated heterocycles. The Bertz CT molecular complexity index is 334. The highest BCUT2D eigenvalue weighted by atomic mass is 15.3. The van der Waals surface area contributed by atoms with Crippen molar-refractivity contribution < 1.29 is 0 Å². The third kappa shape index (κ3) is 2.07. The fraction of sp³-hybridized carbons (Fsp3) is 0.750. The zero-order valence-electron chi connectivity index (χ0n) is 10.3. The maximum atomic E-state index is 5.83. The minimum absolute atomic E-state index is 0.607. The van der Waals surface area contributed by atoms with Crippen molar-refractivity contribution in [3.8, 4) is 0 Å². The molecule has 1 aliphatic heterocycles. The molecule has 2 atom stereocenters. The van der Waals surface area contributed by atoms with E-state index in [2.05, 4.69) is 28.3 Å². The van der Waals surface area contributed by atoms with Crippen LogP contribution in [0, 0.1) is 11.8 Å². The van der Waals surface area contributed by atoms with Gasteiger partial charge in [0.05, 0.1) is 0 Å². The van der Waals surface area contributed by atoms with E-state index in [9.17, 15) is 0 Å². The maximum absolute atomic E-state index is 5.83. The van der Waals surface area contributed by atoms with Gasteiger partial charge >= 0.3 is 0 Å². The molecule has 1 aliphatic rings. The van der Waals surface area contributed by atoms with Gasteiger partial charge in [0.2, 0.25) is 5.95 Å². The topological polar surface area (TPSA) is 47.1 Å². The fourth-order valence-corrected chi connectivity index (χ4v) is 2.47. The summed E-state index contributed by atoms with van der Waals surface area (Å²) in [4.78, 5) is 6.83. The van der Waals surface area contributed by atoms with Crippen LogP contribution in [-0.4, -0.2) is 29.2 Å². The van der Waals surface area contributed by atoms with E-state index < -0.39 is 0 Å². The van der Waals surface area contributed by atoms with Crippen molar-refractivity contribution in [2.75, 3.05) is 24.5 Å². The molecule has 90 valence electrons. The Morgan fingerprint density at radius 1 is 1.56 bits per heavy atom. The quantitative estimate of drug-likeness (QED) is 0.839. The molecule has 2 N–H and O–H groups in total. The first-order chi connectivity index (χ1) is 7.76. The van der Waals surface area contributed by atoms with Gasteiger partial charge in [0.1, 0.15) is 0 Å². The number of rotatable bonds is 3. The van der Waals surface area contributed by atoms with Gasteiger partial charge in [-0.05, 0) is 31.7 Å². The van der Waals surface area contributed by atoms with Crippen molar-refractivity contribution in [1.82, 2.24) is 9.55 Å². The summed E-state index contributed by atoms with van der Waals surface area (Å²) < 4.78 is 2.20. The molecule has 1 aromatic rings. The number of hydrogen-bond acceptors (Lipinski definition) is 3. The molecular weight excluding hydrogens is 200 g/mol. The third-order valence-electron chi connectivity index (χ3n) is 3.73. The lowest BCUT2D eigenvalue weighted by molar-refractivity contribution is 0.304. The summed E-state index contributed by atoms with van der Waals surface area (Å²) in [6.07, 6.45) is 5.15. The largest absolute Gasteiger partial charge is 0.342 e. The van der Waals surface area contributed by atoms with Crippen molar-refractivity contribution >= 4 is 5.95 Å². The van der Waals surface area contributed by atoms with Crippen LogP contribution in [0.5, 0.6) is 0 Å². The molecule has 2 heterocycles. The molecule has 1 fully saturated rings. The lowest BCUT2D eigenvalue weighted by Crippen LogP contribution is -2.43. The average Bonchev–Trinajstić information content (AvgIpc) is 2.78. The highest BCUT2D eigenvalue weighted by molar-refractivity contribution is 5.32. The molecule has 0 aromatic carbocycles. The normalized spacial score (nSPS) is 26.1. The minimum Gasteiger partial charge on any atom is -0.342 e. The number of aryl methyl sites for hydroxylation is 1. The Morgan fingerprint density at radius 2 is 2.38 bits per heavy atom. The van der Waals surface area contributed by atoms with Crippen molar-refractivity contribution in [1.29, 1.82) is 0 Å². The van der Waals surface area contributed by atoms with Crippen LogP contribution in [0.1, 0.15) is 20.3 Å². The molecule has 1 aromatic heterocycles. The smallest absolute Gasteiger partial charge is 0.205 e. The van der Waals surface area contributed by atoms with Crippen LogP contribution in [0.25, 0.3) is 0 Å². The molecule has 0 radical (unpaired) electrons. The number of aromatic nitrogens is 2. The number of hydrogen-bond donors (Lipinski definition) is 1. The van der Waals surface area contributed by atoms with E-state index in [0.29, 0.717) is 5.92 Å². The van der Waals surface area contributed by atoms with Crippen LogP contribution in [-0.2, 0) is 6.54 Å². The van der Waals surface area contributed by atoms with Gasteiger partial charge in [-0.25, -0.2) is 4.98 Å². The standard InChI is InChI=1S/C12H22N4/c1-3-15-7-5-14-12(15)16-6-4-10(2)11(8-13)9-16/h5,7,10-11H,3-4,6,8-9,13H2,1-2H3. The van der Waals surface area contributed by atoms with E-state index in [0.717, 1.165) is 38.0 Å². The van der Waals surface area contributed by atoms with Crippen molar-refractivity contribution in [2.45, 2.75) is 26.8 Å². The number of nitrogens with two attached hydrogens (primary N) is 1. The van der Waals surface area contributed by atoms with Gasteiger partial charge in [-0.2, -0.15) is 0 Å². The maximum Gasteiger partial charge on any atom is 0.205 e. The Morgan fingerprint density at radius 3 is 3.06 bits per heavy atom. The van der Waals surface area contributed by atoms with E-state index in [1.165, 1.54) is 6.42 Å². The molecule has 2 unspecified atom stereocenters. The second kappa shape index (κ2) is 4.87. The first-order valence-electron chi connectivity index (χ1n) is 6.22. The van der Waals surface area contributed by atoms with Crippen LogP contribution < -0.4 is 10.6 Å². The summed E-state index contributed by atoms with van der Waals surface area (Å²) in [6.45, 7) is 8.38. The van der Waals surface area contributed by atoms with E-state index in [1.807, 2.05) is 12.4 Å². The summed E-state index contributed by atoms with van der Waals surface area (Å²) in [5.74, 6) is 2.45. The number of nitrogens with zero attached hydrogens (tertiary/aromatic N) is 3. The molecule has 4 heteroatoms. The Labute approximate surface area is 97.4 Å². The number of piperidine rings is 1. The zero-order valence-corrected chi connectivity index (χ0v) is 10.3. The lowest BCUT2D eigenvalue weighted by Gasteiger charge is -2.37. The second-order valence-electron chi connectivity index (χ2n) is 4.72. The Balaban J connectivity index is 2.11. The fourth-order valence-electron chi connectivity index (χ4n) is 2.47. The molecule has 16 heavy (non-hydrogen) atoms. The van der Waals surface area contributed by atoms with Crippen molar-refractivity contribution in [2.24, 2.45) is 17.6 Å². The molecular formula is C12H22N4. The zero-order chi connectivity index (χ0) is 11.5. The lowest BCUT2D eigenvalue weighted by atomic mass is 9.87. The molecule has 0 amide bonds. The molecule has 0 bridgehead atoms. The number of anilines is 1. The summed E-state index contributed by atoms with van der Waals surface area (Å²) in [6, 6.07) is 0. The Kier molecular flexibility index (Phi) is 3.49. The predicted molar refractivity (Wildman–Crippen MR) is 66.4 cm³/mol. The van der Waals surface area contributed by atoms with Gasteiger partial charge in [0.15, 0.2) is 0 Å². The molecule has 0 aliphatic carbocycles. The van der Waals surface area contributed by atoms with Crippen molar-refractivity contribution in [3.63, 3.8) is 0 Å². The molecule has 2 rings (SSSR count). The summed E-state index contributed by atoms with van der Waals surface area (Å²) in [7, 11) is 0. The van der Waals surface area contributed by atoms with E-state index in [4.69, 9.17) is 5.73 Å². The monoisotopic (exact) mass is 222 g/mol. The van der Waals surface area contributed by atoms with Gasteiger partial charge in [0.25, 0.3) is 0 Å². The molecule has 4 nitrogen and oxygen atoms in total.